The summed E-state index contributed by atoms with van der Waals surface area (Å²) >= 11 is 0. The molecule has 1 unspecified atom stereocenters. The van der Waals surface area contributed by atoms with E-state index in [2.05, 4.69) is 20.3 Å². The van der Waals surface area contributed by atoms with Crippen molar-refractivity contribution in [1.82, 2.24) is 25.0 Å². The van der Waals surface area contributed by atoms with Gasteiger partial charge in [0, 0.05) is 30.5 Å². The third-order valence-corrected chi connectivity index (χ3v) is 9.69. The van der Waals surface area contributed by atoms with Crippen LogP contribution in [0.1, 0.15) is 39.2 Å². The number of hydrogen-bond donors (Lipinski definition) is 3. The van der Waals surface area contributed by atoms with E-state index < -0.39 is 17.4 Å². The Morgan fingerprint density at radius 2 is 1.73 bits per heavy atom. The van der Waals surface area contributed by atoms with Gasteiger partial charge in [-0.15, -0.1) is 0 Å². The minimum Gasteiger partial charge on any atom is -0.454 e. The number of carbonyl (C=O) groups excluding carboxylic acids is 3. The SMILES string of the molecule is Cc1cc2cc(C(=O)c3cnn(-c4ccc(Oc5ccccc5F)cc4C)c3N)[nH]c2cc1N1C(=O)NC2(CCN(Cc3ccccc3)C2)C1=O. The van der Waals surface area contributed by atoms with Crippen molar-refractivity contribution in [3.8, 4) is 17.2 Å². The van der Waals surface area contributed by atoms with Crippen LogP contribution in [-0.2, 0) is 11.3 Å². The fourth-order valence-corrected chi connectivity index (χ4v) is 7.08. The second kappa shape index (κ2) is 12.3. The quantitative estimate of drug-likeness (QED) is 0.124. The topological polar surface area (TPSA) is 139 Å². The Bertz CT molecular complexity index is 2370. The summed E-state index contributed by atoms with van der Waals surface area (Å²) in [5.41, 5.74) is 10.2. The second-order valence-electron chi connectivity index (χ2n) is 13.2. The summed E-state index contributed by atoms with van der Waals surface area (Å²) in [6.45, 7) is 5.47. The van der Waals surface area contributed by atoms with E-state index in [1.807, 2.05) is 50.2 Å². The maximum atomic E-state index is 14.1. The van der Waals surface area contributed by atoms with Gasteiger partial charge >= 0.3 is 6.03 Å². The number of hydrogen-bond acceptors (Lipinski definition) is 7. The second-order valence-corrected chi connectivity index (χ2v) is 13.2. The first kappa shape index (κ1) is 32.0. The molecule has 2 fully saturated rings. The van der Waals surface area contributed by atoms with Crippen molar-refractivity contribution in [3.63, 3.8) is 0 Å². The molecule has 12 heteroatoms. The van der Waals surface area contributed by atoms with Gasteiger partial charge in [-0.3, -0.25) is 14.5 Å². The summed E-state index contributed by atoms with van der Waals surface area (Å²) in [7, 11) is 0. The molecule has 1 atom stereocenters. The normalized spacial score (nSPS) is 17.5. The van der Waals surface area contributed by atoms with E-state index in [4.69, 9.17) is 10.5 Å². The summed E-state index contributed by atoms with van der Waals surface area (Å²) in [6.07, 6.45) is 1.93. The van der Waals surface area contributed by atoms with Gasteiger partial charge in [0.25, 0.3) is 5.91 Å². The van der Waals surface area contributed by atoms with E-state index in [9.17, 15) is 18.8 Å². The van der Waals surface area contributed by atoms with Crippen molar-refractivity contribution in [1.29, 1.82) is 0 Å². The van der Waals surface area contributed by atoms with Gasteiger partial charge in [-0.2, -0.15) is 5.10 Å². The zero-order chi connectivity index (χ0) is 35.4. The molecule has 0 aliphatic carbocycles. The van der Waals surface area contributed by atoms with Gasteiger partial charge in [0.1, 0.15) is 17.1 Å². The number of ether oxygens (including phenoxy) is 1. The number of nitrogen functional groups attached to an aromatic ring is 1. The average Bonchev–Trinajstić information content (AvgIpc) is 3.87. The number of aromatic amines is 1. The molecule has 2 saturated heterocycles. The van der Waals surface area contributed by atoms with Crippen molar-refractivity contribution >= 4 is 40.1 Å². The Morgan fingerprint density at radius 1 is 0.961 bits per heavy atom. The largest absolute Gasteiger partial charge is 0.454 e. The highest BCUT2D eigenvalue weighted by atomic mass is 19.1. The van der Waals surface area contributed by atoms with Gasteiger partial charge in [-0.25, -0.2) is 18.8 Å². The van der Waals surface area contributed by atoms with E-state index in [1.165, 1.54) is 21.8 Å². The highest BCUT2D eigenvalue weighted by Gasteiger charge is 2.55. The number of urea groups is 1. The van der Waals surface area contributed by atoms with Crippen LogP contribution >= 0.6 is 0 Å². The molecule has 0 bridgehead atoms. The lowest BCUT2D eigenvalue weighted by atomic mass is 9.98. The summed E-state index contributed by atoms with van der Waals surface area (Å²) in [6, 6.07) is 26.2. The van der Waals surface area contributed by atoms with Crippen molar-refractivity contribution < 1.29 is 23.5 Å². The molecule has 51 heavy (non-hydrogen) atoms. The number of benzene rings is 4. The summed E-state index contributed by atoms with van der Waals surface area (Å²) < 4.78 is 21.3. The molecular weight excluding hydrogens is 649 g/mol. The van der Waals surface area contributed by atoms with Gasteiger partial charge in [0.2, 0.25) is 5.78 Å². The van der Waals surface area contributed by atoms with Crippen LogP contribution in [0, 0.1) is 19.7 Å². The number of nitrogens with one attached hydrogen (secondary N) is 2. The number of aromatic nitrogens is 3. The zero-order valence-corrected chi connectivity index (χ0v) is 27.9. The Balaban J connectivity index is 1.02. The summed E-state index contributed by atoms with van der Waals surface area (Å²) in [5, 5.41) is 8.13. The van der Waals surface area contributed by atoms with Crippen LogP contribution in [0.15, 0.2) is 97.2 Å². The van der Waals surface area contributed by atoms with E-state index in [0.717, 1.165) is 16.5 Å². The van der Waals surface area contributed by atoms with Gasteiger partial charge < -0.3 is 20.8 Å². The number of nitrogens with two attached hydrogens (primary N) is 1. The number of aryl methyl sites for hydroxylation is 2. The molecule has 3 amide bonds. The Labute approximate surface area is 292 Å². The Morgan fingerprint density at radius 3 is 2.51 bits per heavy atom. The minimum atomic E-state index is -0.993. The number of rotatable bonds is 8. The molecule has 4 aromatic carbocycles. The standard InChI is InChI=1S/C39H34FN7O4/c1-23-16-26-18-31(35(48)28-20-42-47(36(28)41)32-13-12-27(17-24(32)2)51-34-11-7-6-10-29(34)40)43-30(26)19-33(23)46-37(49)39(44-38(46)50)14-15-45(22-39)21-25-8-4-3-5-9-25/h3-13,16-20,43H,14-15,21-22,41H2,1-2H3,(H,44,50). The van der Waals surface area contributed by atoms with Crippen molar-refractivity contribution in [2.75, 3.05) is 23.7 Å². The predicted molar refractivity (Wildman–Crippen MR) is 191 cm³/mol. The maximum Gasteiger partial charge on any atom is 0.329 e. The van der Waals surface area contributed by atoms with E-state index in [0.29, 0.717) is 54.3 Å². The Hall–Kier alpha value is -6.27. The van der Waals surface area contributed by atoms with Gasteiger partial charge in [-0.1, -0.05) is 42.5 Å². The molecule has 11 nitrogen and oxygen atoms in total. The fraction of sp³-hybridized carbons (Fsp3) is 0.179. The van der Waals surface area contributed by atoms with E-state index in [1.54, 1.807) is 48.5 Å². The predicted octanol–water partition coefficient (Wildman–Crippen LogP) is 6.42. The number of likely N-dealkylation sites (tertiary alicyclic amines) is 1. The number of para-hydroxylation sites is 1. The number of H-pyrrole nitrogens is 1. The third kappa shape index (κ3) is 5.59. The van der Waals surface area contributed by atoms with Crippen LogP contribution in [0.2, 0.25) is 0 Å². The monoisotopic (exact) mass is 683 g/mol. The number of carbonyl (C=O) groups is 3. The van der Waals surface area contributed by atoms with Crippen LogP contribution < -0.4 is 20.7 Å². The molecule has 2 aromatic heterocycles. The lowest BCUT2D eigenvalue weighted by Gasteiger charge is -2.22. The van der Waals surface area contributed by atoms with Gasteiger partial charge in [0.15, 0.2) is 11.6 Å². The first-order valence-electron chi connectivity index (χ1n) is 16.6. The summed E-state index contributed by atoms with van der Waals surface area (Å²) in [5.74, 6) is -0.437. The number of halogens is 1. The van der Waals surface area contributed by atoms with Crippen LogP contribution in [0.5, 0.6) is 11.5 Å². The molecule has 1 spiro atoms. The molecule has 0 saturated carbocycles. The lowest BCUT2D eigenvalue weighted by Crippen LogP contribution is -2.49. The molecule has 256 valence electrons. The molecular formula is C39H34FN7O4. The maximum absolute atomic E-state index is 14.1. The molecule has 6 aromatic rings. The van der Waals surface area contributed by atoms with Gasteiger partial charge in [0.05, 0.1) is 28.8 Å². The van der Waals surface area contributed by atoms with Crippen LogP contribution in [0.25, 0.3) is 16.6 Å². The number of imide groups is 1. The highest BCUT2D eigenvalue weighted by molar-refractivity contribution is 6.24. The third-order valence-electron chi connectivity index (χ3n) is 9.69. The van der Waals surface area contributed by atoms with E-state index in [-0.39, 0.29) is 34.5 Å². The molecule has 8 rings (SSSR count). The van der Waals surface area contributed by atoms with Crippen LogP contribution in [-0.4, -0.2) is 56.0 Å². The smallest absolute Gasteiger partial charge is 0.329 e. The number of ketones is 1. The number of anilines is 2. The molecule has 0 radical (unpaired) electrons. The molecule has 2 aliphatic heterocycles. The first-order chi connectivity index (χ1) is 24.6. The number of nitrogens with zero attached hydrogens (tertiary/aromatic N) is 4. The van der Waals surface area contributed by atoms with Crippen LogP contribution in [0.3, 0.4) is 0 Å². The molecule has 4 N–H and O–H groups in total. The van der Waals surface area contributed by atoms with Crippen molar-refractivity contribution in [2.24, 2.45) is 0 Å². The number of fused-ring (bicyclic) bond motifs is 1. The summed E-state index contributed by atoms with van der Waals surface area (Å²) in [4.78, 5) is 47.6. The Kier molecular flexibility index (Phi) is 7.68. The van der Waals surface area contributed by atoms with Crippen molar-refractivity contribution in [2.45, 2.75) is 32.4 Å². The minimum absolute atomic E-state index is 0.107. The first-order valence-corrected chi connectivity index (χ1v) is 16.6. The molecule has 2 aliphatic rings. The molecule has 4 heterocycles. The van der Waals surface area contributed by atoms with Crippen LogP contribution in [0.4, 0.5) is 20.7 Å². The fourth-order valence-electron chi connectivity index (χ4n) is 7.08. The van der Waals surface area contributed by atoms with E-state index >= 15 is 0 Å². The van der Waals surface area contributed by atoms with Gasteiger partial charge in [-0.05, 0) is 85.5 Å². The lowest BCUT2D eigenvalue weighted by molar-refractivity contribution is -0.121. The highest BCUT2D eigenvalue weighted by Crippen LogP contribution is 2.36. The average molecular weight is 684 g/mol. The zero-order valence-electron chi connectivity index (χ0n) is 27.9. The van der Waals surface area contributed by atoms with Crippen molar-refractivity contribution in [3.05, 3.63) is 131 Å². The number of amides is 3.